The predicted octanol–water partition coefficient (Wildman–Crippen LogP) is 2.73. The molecule has 0 fully saturated rings. The highest BCUT2D eigenvalue weighted by molar-refractivity contribution is 7.91. The first-order valence-electron chi connectivity index (χ1n) is 7.23. The van der Waals surface area contributed by atoms with Crippen LogP contribution in [0.15, 0.2) is 46.0 Å². The number of hydrogen-bond donors (Lipinski definition) is 0. The summed E-state index contributed by atoms with van der Waals surface area (Å²) in [6.07, 6.45) is 0. The van der Waals surface area contributed by atoms with Gasteiger partial charge < -0.3 is 4.90 Å². The summed E-state index contributed by atoms with van der Waals surface area (Å²) in [7, 11) is -2.19. The molecule has 1 aromatic carbocycles. The van der Waals surface area contributed by atoms with Gasteiger partial charge in [-0.1, -0.05) is 18.2 Å². The highest BCUT2D eigenvalue weighted by Gasteiger charge is 2.26. The molecular weight excluding hydrogens is 332 g/mol. The number of rotatable bonds is 6. The number of hydrogen-bond acceptors (Lipinski definition) is 4. The monoisotopic (exact) mass is 352 g/mol. The van der Waals surface area contributed by atoms with E-state index in [0.29, 0.717) is 6.54 Å². The normalized spacial score (nSPS) is 11.7. The van der Waals surface area contributed by atoms with Gasteiger partial charge in [0.1, 0.15) is 4.21 Å². The lowest BCUT2D eigenvalue weighted by molar-refractivity contribution is -0.118. The quantitative estimate of drug-likeness (QED) is 0.803. The molecule has 2 rings (SSSR count). The van der Waals surface area contributed by atoms with Gasteiger partial charge in [0, 0.05) is 19.3 Å². The summed E-state index contributed by atoms with van der Waals surface area (Å²) >= 11 is 1.14. The Morgan fingerprint density at radius 3 is 2.52 bits per heavy atom. The number of nitrogens with zero attached hydrogens (tertiary/aromatic N) is 2. The van der Waals surface area contributed by atoms with Gasteiger partial charge in [0.05, 0.1) is 6.54 Å². The highest BCUT2D eigenvalue weighted by atomic mass is 32.2. The number of anilines is 1. The van der Waals surface area contributed by atoms with Crippen molar-refractivity contribution in [3.05, 3.63) is 47.3 Å². The summed E-state index contributed by atoms with van der Waals surface area (Å²) in [5.41, 5.74) is 1.83. The van der Waals surface area contributed by atoms with E-state index < -0.39 is 10.0 Å². The molecule has 23 heavy (non-hydrogen) atoms. The Kier molecular flexibility index (Phi) is 5.56. The number of amides is 1. The zero-order valence-corrected chi connectivity index (χ0v) is 15.0. The summed E-state index contributed by atoms with van der Waals surface area (Å²) in [5, 5.41) is 1.70. The molecule has 0 radical (unpaired) electrons. The fourth-order valence-electron chi connectivity index (χ4n) is 2.22. The molecule has 1 amide bonds. The van der Waals surface area contributed by atoms with Crippen LogP contribution in [0.3, 0.4) is 0 Å². The third kappa shape index (κ3) is 3.99. The van der Waals surface area contributed by atoms with Gasteiger partial charge in [-0.15, -0.1) is 11.3 Å². The third-order valence-electron chi connectivity index (χ3n) is 3.45. The van der Waals surface area contributed by atoms with Crippen LogP contribution in [0.2, 0.25) is 0 Å². The minimum absolute atomic E-state index is 0.192. The number of carbonyl (C=O) groups is 1. The van der Waals surface area contributed by atoms with Crippen LogP contribution in [0.1, 0.15) is 12.5 Å². The van der Waals surface area contributed by atoms with E-state index in [-0.39, 0.29) is 16.7 Å². The molecule has 0 bridgehead atoms. The lowest BCUT2D eigenvalue weighted by Gasteiger charge is -2.24. The number of aryl methyl sites for hydroxylation is 1. The van der Waals surface area contributed by atoms with Crippen LogP contribution in [0, 0.1) is 6.92 Å². The zero-order chi connectivity index (χ0) is 17.0. The van der Waals surface area contributed by atoms with Crippen LogP contribution < -0.4 is 4.90 Å². The summed E-state index contributed by atoms with van der Waals surface area (Å²) in [5.74, 6) is -0.249. The first-order valence-corrected chi connectivity index (χ1v) is 9.55. The Bertz CT molecular complexity index is 770. The van der Waals surface area contributed by atoms with E-state index in [9.17, 15) is 13.2 Å². The standard InChI is InChI=1S/C16H20N2O3S2/c1-4-18(14-8-5-7-13(2)11-14)15(19)12-17(3)23(20,21)16-9-6-10-22-16/h5-11H,4,12H2,1-3H3. The lowest BCUT2D eigenvalue weighted by Crippen LogP contribution is -2.41. The molecule has 0 saturated carbocycles. The van der Waals surface area contributed by atoms with Crippen LogP contribution in [-0.2, 0) is 14.8 Å². The van der Waals surface area contributed by atoms with Crippen LogP contribution in [0.25, 0.3) is 0 Å². The largest absolute Gasteiger partial charge is 0.312 e. The first kappa shape index (κ1) is 17.7. The van der Waals surface area contributed by atoms with Gasteiger partial charge in [-0.2, -0.15) is 4.31 Å². The maximum atomic E-state index is 12.5. The molecule has 0 N–H and O–H groups in total. The summed E-state index contributed by atoms with van der Waals surface area (Å²) in [4.78, 5) is 14.1. The molecule has 0 spiro atoms. The van der Waals surface area contributed by atoms with Crippen molar-refractivity contribution in [2.45, 2.75) is 18.1 Å². The summed E-state index contributed by atoms with van der Waals surface area (Å²) < 4.78 is 26.1. The Hall–Kier alpha value is -1.70. The SMILES string of the molecule is CCN(C(=O)CN(C)S(=O)(=O)c1cccs1)c1cccc(C)c1. The second-order valence-electron chi connectivity index (χ2n) is 5.17. The number of likely N-dealkylation sites (N-methyl/N-ethyl adjacent to an activating group) is 2. The van der Waals surface area contributed by atoms with Crippen molar-refractivity contribution in [3.63, 3.8) is 0 Å². The van der Waals surface area contributed by atoms with Crippen molar-refractivity contribution in [2.75, 3.05) is 25.0 Å². The fourth-order valence-corrected chi connectivity index (χ4v) is 4.54. The van der Waals surface area contributed by atoms with E-state index in [0.717, 1.165) is 26.9 Å². The topological polar surface area (TPSA) is 57.7 Å². The summed E-state index contributed by atoms with van der Waals surface area (Å²) in [6.45, 7) is 4.11. The second kappa shape index (κ2) is 7.25. The molecule has 1 heterocycles. The minimum atomic E-state index is -3.62. The van der Waals surface area contributed by atoms with E-state index in [4.69, 9.17) is 0 Å². The van der Waals surface area contributed by atoms with Gasteiger partial charge in [0.15, 0.2) is 0 Å². The third-order valence-corrected chi connectivity index (χ3v) is 6.62. The molecular formula is C16H20N2O3S2. The van der Waals surface area contributed by atoms with Gasteiger partial charge >= 0.3 is 0 Å². The van der Waals surface area contributed by atoms with Crippen LogP contribution in [0.4, 0.5) is 5.69 Å². The van der Waals surface area contributed by atoms with Gasteiger partial charge in [-0.25, -0.2) is 8.42 Å². The van der Waals surface area contributed by atoms with Crippen molar-refractivity contribution < 1.29 is 13.2 Å². The average Bonchev–Trinajstić information content (AvgIpc) is 3.03. The van der Waals surface area contributed by atoms with Crippen LogP contribution in [0.5, 0.6) is 0 Å². The predicted molar refractivity (Wildman–Crippen MR) is 93.3 cm³/mol. The van der Waals surface area contributed by atoms with E-state index >= 15 is 0 Å². The van der Waals surface area contributed by atoms with E-state index in [1.807, 2.05) is 38.1 Å². The maximum Gasteiger partial charge on any atom is 0.252 e. The number of benzene rings is 1. The molecule has 0 saturated heterocycles. The molecule has 0 atom stereocenters. The second-order valence-corrected chi connectivity index (χ2v) is 8.39. The number of thiophene rings is 1. The minimum Gasteiger partial charge on any atom is -0.312 e. The Morgan fingerprint density at radius 2 is 1.96 bits per heavy atom. The van der Waals surface area contributed by atoms with Crippen LogP contribution >= 0.6 is 11.3 Å². The van der Waals surface area contributed by atoms with Crippen molar-refractivity contribution in [3.8, 4) is 0 Å². The van der Waals surface area contributed by atoms with Crippen molar-refractivity contribution in [2.24, 2.45) is 0 Å². The van der Waals surface area contributed by atoms with Gasteiger partial charge in [0.2, 0.25) is 5.91 Å². The Labute approximate surface area is 141 Å². The van der Waals surface area contributed by atoms with Crippen molar-refractivity contribution in [1.29, 1.82) is 0 Å². The van der Waals surface area contributed by atoms with Crippen molar-refractivity contribution >= 4 is 33.0 Å². The molecule has 5 nitrogen and oxygen atoms in total. The lowest BCUT2D eigenvalue weighted by atomic mass is 10.2. The molecule has 1 aromatic heterocycles. The average molecular weight is 352 g/mol. The maximum absolute atomic E-state index is 12.5. The molecule has 0 aliphatic heterocycles. The first-order chi connectivity index (χ1) is 10.9. The molecule has 2 aromatic rings. The summed E-state index contributed by atoms with van der Waals surface area (Å²) in [6, 6.07) is 10.8. The van der Waals surface area contributed by atoms with E-state index in [1.165, 1.54) is 7.05 Å². The van der Waals surface area contributed by atoms with Crippen molar-refractivity contribution in [1.82, 2.24) is 4.31 Å². The molecule has 7 heteroatoms. The van der Waals surface area contributed by atoms with Gasteiger partial charge in [-0.3, -0.25) is 4.79 Å². The molecule has 0 unspecified atom stereocenters. The molecule has 0 aliphatic rings. The Morgan fingerprint density at radius 1 is 1.22 bits per heavy atom. The van der Waals surface area contributed by atoms with Gasteiger partial charge in [-0.05, 0) is 43.0 Å². The van der Waals surface area contributed by atoms with Gasteiger partial charge in [0.25, 0.3) is 10.0 Å². The van der Waals surface area contributed by atoms with E-state index in [2.05, 4.69) is 0 Å². The smallest absolute Gasteiger partial charge is 0.252 e. The zero-order valence-electron chi connectivity index (χ0n) is 13.4. The van der Waals surface area contributed by atoms with E-state index in [1.54, 1.807) is 22.4 Å². The molecule has 124 valence electrons. The highest BCUT2D eigenvalue weighted by Crippen LogP contribution is 2.21. The Balaban J connectivity index is 2.17. The fraction of sp³-hybridized carbons (Fsp3) is 0.312. The number of carbonyl (C=O) groups excluding carboxylic acids is 1. The van der Waals surface area contributed by atoms with Crippen LogP contribution in [-0.4, -0.2) is 38.8 Å². The molecule has 0 aliphatic carbocycles. The number of sulfonamides is 1.